The number of alkyl halides is 18. The summed E-state index contributed by atoms with van der Waals surface area (Å²) in [7, 11) is -19.1. The zero-order valence-corrected chi connectivity index (χ0v) is 63.3. The van der Waals surface area contributed by atoms with E-state index in [-0.39, 0.29) is 87.1 Å². The van der Waals surface area contributed by atoms with E-state index in [0.717, 1.165) is 12.8 Å². The van der Waals surface area contributed by atoms with Gasteiger partial charge in [-0.25, -0.2) is 25.3 Å². The monoisotopic (exact) mass is 1720 g/mol. The van der Waals surface area contributed by atoms with Crippen LogP contribution in [0.25, 0.3) is 0 Å². The highest BCUT2D eigenvalue weighted by atomic mass is 127. The first-order valence-electron chi connectivity index (χ1n) is 29.7. The van der Waals surface area contributed by atoms with E-state index in [1.54, 1.807) is 4.90 Å². The summed E-state index contributed by atoms with van der Waals surface area (Å²) in [5.41, 5.74) is 6.51. The zero-order valence-electron chi connectivity index (χ0n) is 56.6. The minimum Gasteiger partial charge on any atom is -0.748 e. The molecule has 0 spiro atoms. The Labute approximate surface area is 583 Å². The van der Waals surface area contributed by atoms with Crippen molar-refractivity contribution in [3.8, 4) is 0 Å². The van der Waals surface area contributed by atoms with E-state index in [0.29, 0.717) is 0 Å². The van der Waals surface area contributed by atoms with Crippen LogP contribution in [0.2, 0.25) is 0 Å². The summed E-state index contributed by atoms with van der Waals surface area (Å²) in [5, 5.41) is -14.2. The van der Waals surface area contributed by atoms with Crippen molar-refractivity contribution in [3.05, 3.63) is 134 Å². The van der Waals surface area contributed by atoms with Crippen molar-refractivity contribution in [2.24, 2.45) is 23.2 Å². The highest BCUT2D eigenvalue weighted by Gasteiger charge is 2.85. The molecule has 4 aromatic rings. The number of carbonyl (C=O) groups is 1. The second-order valence-electron chi connectivity index (χ2n) is 27.6. The maximum Gasteiger partial charge on any atom is 0.460 e. The van der Waals surface area contributed by atoms with Gasteiger partial charge in [-0.1, -0.05) is 145 Å². The number of rotatable bonds is 15. The Morgan fingerprint density at radius 1 is 0.408 bits per heavy atom. The highest BCUT2D eigenvalue weighted by molar-refractivity contribution is 7.87. The average molecular weight is 1720 g/mol. The third-order valence-corrected chi connectivity index (χ3v) is 23.7. The largest absolute Gasteiger partial charge is 0.748 e. The number of carbonyl (C=O) groups excluding carboxylic acids is 1. The van der Waals surface area contributed by atoms with Crippen LogP contribution in [0.3, 0.4) is 0 Å². The van der Waals surface area contributed by atoms with E-state index in [1.165, 1.54) is 56.2 Å². The molecule has 34 heteroatoms. The first-order chi connectivity index (χ1) is 43.4. The maximum atomic E-state index is 12.2. The van der Waals surface area contributed by atoms with Crippen molar-refractivity contribution in [2.75, 3.05) is 25.4 Å². The van der Waals surface area contributed by atoms with Gasteiger partial charge in [0.1, 0.15) is 5.78 Å². The second kappa shape index (κ2) is 33.0. The Balaban J connectivity index is 0.000000600. The molecule has 3 atom stereocenters. The van der Waals surface area contributed by atoms with Crippen LogP contribution < -0.4 is 47.3 Å². The number of ketones is 1. The van der Waals surface area contributed by atoms with Gasteiger partial charge in [0.05, 0.1) is 29.8 Å². The second-order valence-corrected chi connectivity index (χ2v) is 37.9. The fraction of sp³-hybridized carbons (Fsp3) is 0.609. The topological polar surface area (TPSA) is 193 Å². The lowest BCUT2D eigenvalue weighted by Crippen LogP contribution is -3.61. The lowest BCUT2D eigenvalue weighted by atomic mass is 9.80. The fourth-order valence-electron chi connectivity index (χ4n) is 9.54. The summed E-state index contributed by atoms with van der Waals surface area (Å²) >= 11 is -0.141. The van der Waals surface area contributed by atoms with Crippen LogP contribution in [0.5, 0.6) is 0 Å². The Hall–Kier alpha value is -3.56. The summed E-state index contributed by atoms with van der Waals surface area (Å²) < 4.78 is 309. The van der Waals surface area contributed by atoms with Gasteiger partial charge in [-0.05, 0) is 137 Å². The first kappa shape index (κ1) is 92.5. The van der Waals surface area contributed by atoms with Crippen molar-refractivity contribution in [3.63, 3.8) is 0 Å². The molecule has 0 aliphatic heterocycles. The number of benzene rings is 4. The predicted octanol–water partition coefficient (Wildman–Crippen LogP) is 9.45. The lowest BCUT2D eigenvalue weighted by molar-refractivity contribution is -0.894. The van der Waals surface area contributed by atoms with Crippen molar-refractivity contribution >= 4 is 36.1 Å². The molecule has 1 N–H and O–H groups in total. The molecule has 2 aliphatic carbocycles. The number of hydrogen-bond donors (Lipinski definition) is 1. The highest BCUT2D eigenvalue weighted by Crippen LogP contribution is 2.59. The maximum absolute atomic E-state index is 12.2. The van der Waals surface area contributed by atoms with Gasteiger partial charge >= 0.3 is 89.0 Å². The van der Waals surface area contributed by atoms with Gasteiger partial charge in [0.15, 0.2) is 34.5 Å². The number of quaternary nitrogens is 1. The first-order valence-corrected chi connectivity index (χ1v) is 38.4. The van der Waals surface area contributed by atoms with Crippen LogP contribution in [-0.4, -0.2) is 117 Å². The van der Waals surface area contributed by atoms with Gasteiger partial charge in [0.25, 0.3) is 0 Å². The van der Waals surface area contributed by atoms with Crippen LogP contribution in [0.4, 0.5) is 79.0 Å². The summed E-state index contributed by atoms with van der Waals surface area (Å²) in [6, 6.07) is 36.8. The van der Waals surface area contributed by atoms with E-state index < -0.39 is 88.6 Å². The molecular weight excluding hydrogens is 1630 g/mol. The summed E-state index contributed by atoms with van der Waals surface area (Å²) in [4.78, 5) is 13.5. The molecular formula is C64H83F18I2NO10S3. The third kappa shape index (κ3) is 23.7. The van der Waals surface area contributed by atoms with Gasteiger partial charge in [0.2, 0.25) is 0 Å². The van der Waals surface area contributed by atoms with Gasteiger partial charge in [-0.2, -0.15) is 79.0 Å². The molecule has 3 unspecified atom stereocenters. The van der Waals surface area contributed by atoms with Crippen molar-refractivity contribution < 1.29 is 170 Å². The Bertz CT molecular complexity index is 3260. The molecule has 4 aromatic carbocycles. The van der Waals surface area contributed by atoms with Crippen LogP contribution in [0, 0.1) is 37.4 Å². The molecule has 0 radical (unpaired) electrons. The molecule has 0 saturated heterocycles. The molecule has 2 fully saturated rings. The molecule has 0 amide bonds. The molecule has 2 aliphatic rings. The molecule has 98 heavy (non-hydrogen) atoms. The minimum absolute atomic E-state index is 0.00400. The van der Waals surface area contributed by atoms with Crippen LogP contribution in [0.15, 0.2) is 97.1 Å². The van der Waals surface area contributed by atoms with E-state index in [2.05, 4.69) is 201 Å². The SMILES string of the molecule is CC(C)(C)c1ccc([I+]c2ccc(C(C)(C)C)cc2)cc1.CC(C)(C)c1ccc([I+]c2ccc(C(C)(C)C)cc2)cc1.CC1(C)C2CCC1C(CS(=O)(=O)[O-])C2=O.CC[NH+](CC)CC.O=S(=O)([O-])C(F)(F)C(F)(F)C(F)(F)C(F)(F)F.O=S(=O)([O-])C(F)(F)C(F)(F)C(F)(F)C(F)(F)F. The van der Waals surface area contributed by atoms with E-state index in [4.69, 9.17) is 0 Å². The summed E-state index contributed by atoms with van der Waals surface area (Å²) in [6.07, 6.45) is -12.6. The fourth-order valence-corrected chi connectivity index (χ4v) is 15.6. The van der Waals surface area contributed by atoms with E-state index in [1.807, 2.05) is 13.8 Å². The Morgan fingerprint density at radius 2 is 0.633 bits per heavy atom. The van der Waals surface area contributed by atoms with E-state index >= 15 is 0 Å². The number of fused-ring (bicyclic) bond motifs is 2. The van der Waals surface area contributed by atoms with Gasteiger partial charge in [-0.15, -0.1) is 0 Å². The van der Waals surface area contributed by atoms with Gasteiger partial charge < -0.3 is 18.6 Å². The molecule has 0 heterocycles. The quantitative estimate of drug-likeness (QED) is 0.0681. The smallest absolute Gasteiger partial charge is 0.460 e. The normalized spacial score (nSPS) is 17.6. The standard InChI is InChI=1S/2C20H26I.C10H16O4S.C6H15N.2C4HF9O3S/c2*1-19(2,3)15-7-11-17(12-8-15)21-18-13-9-16(10-14-18)20(4,5)6;1-10(2)7-3-4-8(10)9(11)6(7)5-15(12,13)14;1-4-7(5-2)6-3;2*5-1(6,3(9,10)11)2(7,8)4(12,13)17(14,15)16/h2*7-14H,1-6H3;6-8H,3-5H2,1-2H3,(H,12,13,14);4-6H2,1-3H3;2*(H,14,15,16)/q2*+1;;;;/p-2. The molecule has 2 bridgehead atoms. The van der Waals surface area contributed by atoms with E-state index in [9.17, 15) is 123 Å². The van der Waals surface area contributed by atoms with Crippen LogP contribution >= 0.6 is 0 Å². The Morgan fingerprint density at radius 3 is 0.776 bits per heavy atom. The van der Waals surface area contributed by atoms with Crippen molar-refractivity contribution in [1.29, 1.82) is 0 Å². The van der Waals surface area contributed by atoms with Gasteiger partial charge in [0, 0.05) is 17.6 Å². The molecule has 11 nitrogen and oxygen atoms in total. The van der Waals surface area contributed by atoms with Crippen LogP contribution in [0.1, 0.15) is 153 Å². The zero-order chi connectivity index (χ0) is 77.5. The number of Topliss-reactive ketones (excluding diaryl/α,β-unsaturated/α-hetero) is 1. The molecule has 2 saturated carbocycles. The Kier molecular flexibility index (Phi) is 31.2. The summed E-state index contributed by atoms with van der Waals surface area (Å²) in [5.74, 6) is -30.6. The number of nitrogens with one attached hydrogen (secondary N) is 1. The average Bonchev–Trinajstić information content (AvgIpc) is 0.962. The lowest BCUT2D eigenvalue weighted by Gasteiger charge is -2.34. The summed E-state index contributed by atoms with van der Waals surface area (Å²) in [6.45, 7) is 41.7. The third-order valence-electron chi connectivity index (χ3n) is 15.8. The predicted molar refractivity (Wildman–Crippen MR) is 322 cm³/mol. The molecule has 0 aromatic heterocycles. The number of halogens is 20. The molecule has 6 rings (SSSR count). The minimum atomic E-state index is -7.43. The van der Waals surface area contributed by atoms with Gasteiger partial charge in [-0.3, -0.25) is 4.79 Å². The number of hydrogen-bond acceptors (Lipinski definition) is 10. The van der Waals surface area contributed by atoms with Crippen LogP contribution in [-0.2, 0) is 56.8 Å². The molecule has 562 valence electrons. The van der Waals surface area contributed by atoms with Crippen molar-refractivity contribution in [2.45, 2.75) is 199 Å². The van der Waals surface area contributed by atoms with Crippen molar-refractivity contribution in [1.82, 2.24) is 0 Å².